The number of hydrogen-bond donors (Lipinski definition) is 0. The van der Waals surface area contributed by atoms with Gasteiger partial charge in [0.05, 0.1) is 23.5 Å². The highest BCUT2D eigenvalue weighted by molar-refractivity contribution is 7.10. The van der Waals surface area contributed by atoms with Crippen molar-refractivity contribution in [1.82, 2.24) is 9.88 Å². The van der Waals surface area contributed by atoms with E-state index in [1.54, 1.807) is 30.6 Å². The monoisotopic (exact) mass is 492 g/mol. The lowest BCUT2D eigenvalue weighted by Crippen LogP contribution is -2.38. The van der Waals surface area contributed by atoms with Crippen molar-refractivity contribution in [3.63, 3.8) is 0 Å². The normalized spacial score (nSPS) is 19.0. The predicted molar refractivity (Wildman–Crippen MR) is 137 cm³/mol. The Morgan fingerprint density at radius 1 is 1.17 bits per heavy atom. The van der Waals surface area contributed by atoms with E-state index in [-0.39, 0.29) is 5.82 Å². The van der Waals surface area contributed by atoms with E-state index in [1.807, 2.05) is 11.4 Å². The van der Waals surface area contributed by atoms with Gasteiger partial charge in [-0.15, -0.1) is 11.3 Å². The van der Waals surface area contributed by atoms with Gasteiger partial charge in [-0.25, -0.2) is 9.37 Å². The Labute approximate surface area is 209 Å². The Morgan fingerprint density at radius 3 is 2.74 bits per heavy atom. The van der Waals surface area contributed by atoms with Crippen LogP contribution in [0.1, 0.15) is 58.7 Å². The minimum atomic E-state index is -0.400. The molecule has 0 radical (unpaired) electrons. The molecule has 8 heteroatoms. The van der Waals surface area contributed by atoms with Gasteiger partial charge in [0.1, 0.15) is 11.5 Å². The largest absolute Gasteiger partial charge is 0.468 e. The molecule has 0 N–H and O–H groups in total. The van der Waals surface area contributed by atoms with Crippen LogP contribution >= 0.6 is 11.3 Å². The maximum atomic E-state index is 14.1. The van der Waals surface area contributed by atoms with Gasteiger partial charge < -0.3 is 14.5 Å². The van der Waals surface area contributed by atoms with Gasteiger partial charge in [0.15, 0.2) is 6.10 Å². The fourth-order valence-electron chi connectivity index (χ4n) is 4.55. The first-order valence-electron chi connectivity index (χ1n) is 11.9. The fraction of sp³-hybridized carbons (Fsp3) is 0.370. The molecule has 6 nitrogen and oxygen atoms in total. The average molecular weight is 493 g/mol. The first kappa shape index (κ1) is 23.5. The maximum Gasteiger partial charge on any atom is 0.292 e. The Morgan fingerprint density at radius 2 is 1.97 bits per heavy atom. The molecule has 2 aromatic carbocycles. The molecule has 1 fully saturated rings. The third-order valence-electron chi connectivity index (χ3n) is 6.62. The molecule has 0 saturated carbocycles. The van der Waals surface area contributed by atoms with Crippen molar-refractivity contribution in [3.8, 4) is 0 Å². The van der Waals surface area contributed by atoms with Crippen LogP contribution in [-0.4, -0.2) is 41.8 Å². The van der Waals surface area contributed by atoms with Gasteiger partial charge in [0.2, 0.25) is 0 Å². The summed E-state index contributed by atoms with van der Waals surface area (Å²) in [7, 11) is 1.68. The summed E-state index contributed by atoms with van der Waals surface area (Å²) >= 11 is 1.66. The first-order chi connectivity index (χ1) is 17.0. The zero-order valence-electron chi connectivity index (χ0n) is 20.2. The second kappa shape index (κ2) is 10.2. The number of piperidine rings is 1. The topological polar surface area (TPSA) is 59.3 Å². The van der Waals surface area contributed by atoms with Crippen LogP contribution in [0.4, 0.5) is 10.1 Å². The highest BCUT2D eigenvalue weighted by Crippen LogP contribution is 2.34. The van der Waals surface area contributed by atoms with Crippen molar-refractivity contribution in [2.45, 2.75) is 45.1 Å². The van der Waals surface area contributed by atoms with Crippen molar-refractivity contribution in [2.24, 2.45) is 10.1 Å². The molecule has 3 aromatic rings. The quantitative estimate of drug-likeness (QED) is 0.318. The van der Waals surface area contributed by atoms with E-state index in [1.165, 1.54) is 11.6 Å². The number of nitrogens with zero attached hydrogens (tertiary/aromatic N) is 4. The van der Waals surface area contributed by atoms with Crippen LogP contribution in [-0.2, 0) is 9.57 Å². The predicted octanol–water partition coefficient (Wildman–Crippen LogP) is 6.28. The zero-order valence-corrected chi connectivity index (χ0v) is 21.0. The second-order valence-corrected chi connectivity index (χ2v) is 9.97. The lowest BCUT2D eigenvalue weighted by Gasteiger charge is -2.32. The number of ether oxygens (including phenoxy) is 1. The molecule has 0 amide bonds. The molecule has 0 aliphatic carbocycles. The molecule has 2 aliphatic rings. The molecule has 182 valence electrons. The third kappa shape index (κ3) is 5.07. The van der Waals surface area contributed by atoms with Crippen molar-refractivity contribution in [3.05, 3.63) is 81.1 Å². The maximum absolute atomic E-state index is 14.1. The summed E-state index contributed by atoms with van der Waals surface area (Å²) in [5, 5.41) is 7.37. The molecule has 5 rings (SSSR count). The zero-order chi connectivity index (χ0) is 24.4. The van der Waals surface area contributed by atoms with E-state index in [0.29, 0.717) is 23.9 Å². The molecule has 1 atom stereocenters. The van der Waals surface area contributed by atoms with Gasteiger partial charge >= 0.3 is 0 Å². The van der Waals surface area contributed by atoms with Gasteiger partial charge in [-0.2, -0.15) is 4.99 Å². The standard InChI is InChI=1S/C27H29FN4O2S/c1-17-8-9-18(2)22(14-17)30-27(33-3)32-12-10-19(11-13-32)26-29-24(16-35-26)23-15-25(34-31-23)20-6-4-5-7-21(20)28/h4-9,14,16,19,25H,10-13,15H2,1-3H3. The number of methoxy groups -OCH3 is 1. The van der Waals surface area contributed by atoms with Crippen molar-refractivity contribution < 1.29 is 14.0 Å². The van der Waals surface area contributed by atoms with Crippen LogP contribution in [0.15, 0.2) is 58.0 Å². The fourth-order valence-corrected chi connectivity index (χ4v) is 5.55. The Kier molecular flexibility index (Phi) is 6.81. The number of likely N-dealkylation sites (tertiary alicyclic amines) is 1. The molecule has 1 aromatic heterocycles. The number of aromatic nitrogens is 1. The van der Waals surface area contributed by atoms with Crippen molar-refractivity contribution >= 4 is 28.8 Å². The summed E-state index contributed by atoms with van der Waals surface area (Å²) in [5.41, 5.74) is 5.40. The van der Waals surface area contributed by atoms with Crippen molar-refractivity contribution in [2.75, 3.05) is 20.2 Å². The summed E-state index contributed by atoms with van der Waals surface area (Å²) < 4.78 is 19.8. The second-order valence-electron chi connectivity index (χ2n) is 9.08. The van der Waals surface area contributed by atoms with Gasteiger partial charge in [-0.1, -0.05) is 35.5 Å². The highest BCUT2D eigenvalue weighted by atomic mass is 32.1. The van der Waals surface area contributed by atoms with E-state index in [0.717, 1.165) is 53.6 Å². The van der Waals surface area contributed by atoms with E-state index >= 15 is 0 Å². The van der Waals surface area contributed by atoms with Crippen LogP contribution in [0.2, 0.25) is 0 Å². The number of aryl methyl sites for hydroxylation is 2. The Hall–Kier alpha value is -3.26. The Bertz CT molecular complexity index is 1260. The Balaban J connectivity index is 1.21. The minimum Gasteiger partial charge on any atom is -0.468 e. The number of oxime groups is 1. The van der Waals surface area contributed by atoms with E-state index in [9.17, 15) is 4.39 Å². The molecule has 0 bridgehead atoms. The summed E-state index contributed by atoms with van der Waals surface area (Å²) in [6.45, 7) is 5.85. The van der Waals surface area contributed by atoms with Gasteiger partial charge in [-0.05, 0) is 49.9 Å². The van der Waals surface area contributed by atoms with Crippen LogP contribution in [0.25, 0.3) is 0 Å². The van der Waals surface area contributed by atoms with E-state index < -0.39 is 6.10 Å². The number of benzene rings is 2. The molecular weight excluding hydrogens is 463 g/mol. The number of rotatable bonds is 4. The van der Waals surface area contributed by atoms with Crippen LogP contribution in [0.3, 0.4) is 0 Å². The minimum absolute atomic E-state index is 0.267. The lowest BCUT2D eigenvalue weighted by atomic mass is 9.97. The molecule has 3 heterocycles. The molecule has 0 spiro atoms. The number of amidine groups is 1. The summed E-state index contributed by atoms with van der Waals surface area (Å²) in [4.78, 5) is 17.4. The third-order valence-corrected chi connectivity index (χ3v) is 7.62. The number of halogens is 1. The van der Waals surface area contributed by atoms with Gasteiger partial charge in [-0.3, -0.25) is 0 Å². The van der Waals surface area contributed by atoms with Crippen LogP contribution in [0, 0.1) is 19.7 Å². The average Bonchev–Trinajstić information content (AvgIpc) is 3.55. The number of thiazole rings is 1. The lowest BCUT2D eigenvalue weighted by molar-refractivity contribution is 0.0830. The molecule has 2 aliphatic heterocycles. The summed E-state index contributed by atoms with van der Waals surface area (Å²) in [6, 6.07) is 13.6. The van der Waals surface area contributed by atoms with Gasteiger partial charge in [0.25, 0.3) is 6.02 Å². The van der Waals surface area contributed by atoms with Gasteiger partial charge in [0, 0.05) is 36.4 Å². The molecular formula is C27H29FN4O2S. The number of aliphatic imine (C=N–C) groups is 1. The first-order valence-corrected chi connectivity index (χ1v) is 12.8. The van der Waals surface area contributed by atoms with Crippen LogP contribution in [0.5, 0.6) is 0 Å². The summed E-state index contributed by atoms with van der Waals surface area (Å²) in [6.07, 6.45) is 2.07. The van der Waals surface area contributed by atoms with E-state index in [2.05, 4.69) is 42.1 Å². The molecule has 1 unspecified atom stereocenters. The molecule has 1 saturated heterocycles. The van der Waals surface area contributed by atoms with E-state index in [4.69, 9.17) is 19.6 Å². The smallest absolute Gasteiger partial charge is 0.292 e. The molecule has 35 heavy (non-hydrogen) atoms. The van der Waals surface area contributed by atoms with Crippen LogP contribution < -0.4 is 0 Å². The van der Waals surface area contributed by atoms with Crippen molar-refractivity contribution in [1.29, 1.82) is 0 Å². The highest BCUT2D eigenvalue weighted by Gasteiger charge is 2.29. The number of hydrogen-bond acceptors (Lipinski definition) is 6. The SMILES string of the molecule is COC(=Nc1cc(C)ccc1C)N1CCC(c2nc(C3=NOC(c4ccccc4F)C3)cs2)CC1. The summed E-state index contributed by atoms with van der Waals surface area (Å²) in [5.74, 6) is 0.116.